The summed E-state index contributed by atoms with van der Waals surface area (Å²) in [6.45, 7) is 6.47. The molecule has 0 aromatic rings. The molecule has 0 bridgehead atoms. The molecule has 75 heavy (non-hydrogen) atoms. The van der Waals surface area contributed by atoms with Gasteiger partial charge in [-0.2, -0.15) is 0 Å². The predicted molar refractivity (Wildman–Crippen MR) is 281 cm³/mol. The third-order valence-corrected chi connectivity index (χ3v) is 11.0. The molecule has 442 valence electrons. The fraction of sp³-hybridized carbons (Fsp3) is 0.843. The zero-order valence-corrected chi connectivity index (χ0v) is 50.5. The second-order valence-corrected chi connectivity index (χ2v) is 17.6. The number of rotatable bonds is 49. The topological polar surface area (TPSA) is 325 Å². The SMILES string of the molecule is C.C.CCC(=O)CCOCC(CCCCC(=O)NC)(COCCC(N)=O)COCCC(N)=O.CNC(=O)CCCCOCC(COCCCCC([NH-])=O)(COCCCCC(=O)NC)COCCCCC(=O)NC.[W].[W]. The number of Topliss-reactive ketones (excluding diaryl/α,β-unsaturated/α-hetero) is 1. The molecule has 0 aliphatic carbocycles. The van der Waals surface area contributed by atoms with Crippen molar-refractivity contribution in [3.63, 3.8) is 0 Å². The molecule has 7 amide bonds. The van der Waals surface area contributed by atoms with Gasteiger partial charge in [-0.15, -0.1) is 0 Å². The number of hydrogen-bond acceptors (Lipinski definition) is 15. The molecule has 0 heterocycles. The summed E-state index contributed by atoms with van der Waals surface area (Å²) in [5.74, 6) is -1.39. The molecule has 0 aromatic heterocycles. The van der Waals surface area contributed by atoms with Crippen molar-refractivity contribution >= 4 is 47.1 Å². The van der Waals surface area contributed by atoms with Crippen LogP contribution in [0.1, 0.15) is 150 Å². The van der Waals surface area contributed by atoms with E-state index in [0.717, 1.165) is 44.9 Å². The smallest absolute Gasteiger partial charge is 0.219 e. The molecular weight excluding hydrogens is 1320 g/mol. The van der Waals surface area contributed by atoms with E-state index in [1.165, 1.54) is 0 Å². The van der Waals surface area contributed by atoms with Crippen LogP contribution in [0.25, 0.3) is 5.73 Å². The number of ketones is 1. The Morgan fingerprint density at radius 3 is 0.933 bits per heavy atom. The van der Waals surface area contributed by atoms with Gasteiger partial charge in [0.25, 0.3) is 0 Å². The van der Waals surface area contributed by atoms with Crippen molar-refractivity contribution in [3.8, 4) is 0 Å². The van der Waals surface area contributed by atoms with E-state index in [0.29, 0.717) is 117 Å². The van der Waals surface area contributed by atoms with Crippen molar-refractivity contribution in [3.05, 3.63) is 5.73 Å². The summed E-state index contributed by atoms with van der Waals surface area (Å²) >= 11 is 0. The first kappa shape index (κ1) is 83.4. The minimum atomic E-state index is -0.576. The summed E-state index contributed by atoms with van der Waals surface area (Å²) in [5.41, 5.74) is 16.2. The number of carbonyl (C=O) groups excluding carboxylic acids is 8. The molecule has 24 heteroatoms. The number of unbranched alkanes of at least 4 members (excludes halogenated alkanes) is 5. The molecule has 0 saturated heterocycles. The Bertz CT molecular complexity index is 1350. The summed E-state index contributed by atoms with van der Waals surface area (Å²) in [6, 6.07) is 0. The zero-order chi connectivity index (χ0) is 53.4. The summed E-state index contributed by atoms with van der Waals surface area (Å²) in [7, 11) is 6.45. The average molecular weight is 1420 g/mol. The fourth-order valence-electron chi connectivity index (χ4n) is 6.56. The first-order chi connectivity index (χ1) is 34.0. The predicted octanol–water partition coefficient (Wildman–Crippen LogP) is 4.25. The number of primary amides is 2. The Labute approximate surface area is 478 Å². The molecule has 0 aromatic carbocycles. The monoisotopic (exact) mass is 1420 g/mol. The van der Waals surface area contributed by atoms with Gasteiger partial charge >= 0.3 is 0 Å². The maximum atomic E-state index is 11.5. The maximum Gasteiger partial charge on any atom is 0.219 e. The van der Waals surface area contributed by atoms with E-state index in [2.05, 4.69) is 21.3 Å². The van der Waals surface area contributed by atoms with Gasteiger partial charge in [0.1, 0.15) is 5.78 Å². The van der Waals surface area contributed by atoms with Gasteiger partial charge in [0.15, 0.2) is 0 Å². The van der Waals surface area contributed by atoms with Gasteiger partial charge in [-0.05, 0) is 70.6 Å². The second-order valence-electron chi connectivity index (χ2n) is 17.6. The van der Waals surface area contributed by atoms with Crippen LogP contribution in [-0.4, -0.2) is 168 Å². The first-order valence-corrected chi connectivity index (χ1v) is 25.2. The normalized spacial score (nSPS) is 10.7. The van der Waals surface area contributed by atoms with Gasteiger partial charge in [-0.3, -0.25) is 33.6 Å². The van der Waals surface area contributed by atoms with Crippen LogP contribution in [0.4, 0.5) is 0 Å². The van der Waals surface area contributed by atoms with Crippen LogP contribution in [0.15, 0.2) is 0 Å². The standard InChI is InChI=1S/C28H54N4O8.C21H39N3O7.2CH4.2W/c1-30-25(34)13-5-9-17-38-21-28(20-37-16-8-4-12-24(29)33,22-39-18-10-6-14-26(35)31-2)23-40-19-11-7-15-27(36)32-3;1-3-17(25)7-11-29-14-21(15-30-12-8-18(22)26,16-31-13-9-19(23)27)10-5-4-6-20(28)24-2;;;;/h4-23H2,1-3H3,(H5,29,30,31,32,33,34,35,36);3-16H2,1-2H3,(H2,22,26)(H2,23,27)(H,24,28);2*1H4;;/p-1. The van der Waals surface area contributed by atoms with Crippen molar-refractivity contribution in [2.45, 2.75) is 150 Å². The van der Waals surface area contributed by atoms with Gasteiger partial charge in [0, 0.05) is 159 Å². The van der Waals surface area contributed by atoms with Crippen molar-refractivity contribution in [1.82, 2.24) is 21.3 Å². The number of nitrogens with two attached hydrogens (primary N) is 2. The Hall–Kier alpha value is -2.94. The number of amides is 7. The van der Waals surface area contributed by atoms with Crippen LogP contribution in [-0.2, 0) is 114 Å². The van der Waals surface area contributed by atoms with E-state index in [9.17, 15) is 38.4 Å². The van der Waals surface area contributed by atoms with E-state index in [1.807, 2.05) is 0 Å². The van der Waals surface area contributed by atoms with Crippen LogP contribution in [0, 0.1) is 10.8 Å². The van der Waals surface area contributed by atoms with E-state index < -0.39 is 28.6 Å². The number of carbonyl (C=O) groups is 8. The Morgan fingerprint density at radius 2 is 0.653 bits per heavy atom. The van der Waals surface area contributed by atoms with Crippen LogP contribution < -0.4 is 32.7 Å². The van der Waals surface area contributed by atoms with Crippen molar-refractivity contribution in [2.24, 2.45) is 22.3 Å². The summed E-state index contributed by atoms with van der Waals surface area (Å²) in [4.78, 5) is 90.2. The second kappa shape index (κ2) is 57.2. The minimum Gasteiger partial charge on any atom is -0.668 e. The fourth-order valence-corrected chi connectivity index (χ4v) is 6.56. The Balaban J connectivity index is -0.000000310. The molecule has 9 N–H and O–H groups in total. The van der Waals surface area contributed by atoms with Crippen LogP contribution >= 0.6 is 0 Å². The van der Waals surface area contributed by atoms with Crippen LogP contribution in [0.5, 0.6) is 0 Å². The molecule has 0 spiro atoms. The largest absolute Gasteiger partial charge is 0.668 e. The van der Waals surface area contributed by atoms with Gasteiger partial charge in [-0.1, -0.05) is 28.2 Å². The Kier molecular flexibility index (Phi) is 63.6. The van der Waals surface area contributed by atoms with E-state index in [1.54, 1.807) is 35.1 Å². The van der Waals surface area contributed by atoms with Crippen LogP contribution in [0.3, 0.4) is 0 Å². The molecule has 0 unspecified atom stereocenters. The Morgan fingerprint density at radius 1 is 0.387 bits per heavy atom. The molecule has 0 aliphatic rings. The molecular formula is C51H100N7O15W2-. The van der Waals surface area contributed by atoms with Crippen molar-refractivity contribution in [1.29, 1.82) is 0 Å². The minimum absolute atomic E-state index is 0. The van der Waals surface area contributed by atoms with Gasteiger partial charge in [-0.25, -0.2) is 0 Å². The first-order valence-electron chi connectivity index (χ1n) is 25.2. The average Bonchev–Trinajstić information content (AvgIpc) is 3.35. The molecule has 0 fully saturated rings. The molecule has 22 nitrogen and oxygen atoms in total. The van der Waals surface area contributed by atoms with Gasteiger partial charge in [0.05, 0.1) is 71.5 Å². The third kappa shape index (κ3) is 54.2. The molecule has 0 radical (unpaired) electrons. The van der Waals surface area contributed by atoms with Gasteiger partial charge < -0.3 is 76.4 Å². The van der Waals surface area contributed by atoms with E-state index in [-0.39, 0.29) is 145 Å². The quantitative estimate of drug-likeness (QED) is 0.0464. The summed E-state index contributed by atoms with van der Waals surface area (Å²) in [5, 5.41) is 10.4. The van der Waals surface area contributed by atoms with Crippen molar-refractivity contribution in [2.75, 3.05) is 121 Å². The third-order valence-electron chi connectivity index (χ3n) is 11.0. The maximum absolute atomic E-state index is 11.5. The molecule has 0 aliphatic heterocycles. The molecule has 0 rings (SSSR count). The number of ether oxygens (including phenoxy) is 7. The summed E-state index contributed by atoms with van der Waals surface area (Å²) in [6.07, 6.45) is 10.7. The van der Waals surface area contributed by atoms with Gasteiger partial charge in [0.2, 0.25) is 35.4 Å². The van der Waals surface area contributed by atoms with E-state index >= 15 is 0 Å². The molecule has 0 atom stereocenters. The van der Waals surface area contributed by atoms with E-state index in [4.69, 9.17) is 50.4 Å². The van der Waals surface area contributed by atoms with Crippen LogP contribution in [0.2, 0.25) is 0 Å². The zero-order valence-electron chi connectivity index (χ0n) is 44.6. The number of nitrogens with one attached hydrogen (secondary N) is 5. The molecule has 0 saturated carbocycles. The van der Waals surface area contributed by atoms with Crippen molar-refractivity contribution < 1.29 is 114 Å². The summed E-state index contributed by atoms with van der Waals surface area (Å²) < 4.78 is 41.2. The number of hydrogen-bond donors (Lipinski definition) is 6.